The lowest BCUT2D eigenvalue weighted by Gasteiger charge is -2.24. The summed E-state index contributed by atoms with van der Waals surface area (Å²) in [5.74, 6) is -0.601. The fraction of sp³-hybridized carbons (Fsp3) is 0.364. The molecule has 0 spiro atoms. The molecule has 29 heavy (non-hydrogen) atoms. The Morgan fingerprint density at radius 2 is 1.62 bits per heavy atom. The molecule has 0 fully saturated rings. The third-order valence-corrected chi connectivity index (χ3v) is 5.31. The van der Waals surface area contributed by atoms with Crippen LogP contribution in [-0.4, -0.2) is 47.8 Å². The van der Waals surface area contributed by atoms with Crippen LogP contribution in [-0.2, 0) is 11.3 Å². The molecule has 0 aliphatic rings. The van der Waals surface area contributed by atoms with Gasteiger partial charge in [-0.15, -0.1) is 0 Å². The van der Waals surface area contributed by atoms with Crippen LogP contribution in [0.25, 0.3) is 0 Å². The largest absolute Gasteiger partial charge is 0.332 e. The molecule has 0 saturated heterocycles. The summed E-state index contributed by atoms with van der Waals surface area (Å²) in [6.45, 7) is 8.15. The van der Waals surface area contributed by atoms with Gasteiger partial charge in [0.1, 0.15) is 0 Å². The molecular weight excluding hydrogens is 409 g/mol. The van der Waals surface area contributed by atoms with E-state index >= 15 is 0 Å². The highest BCUT2D eigenvalue weighted by Crippen LogP contribution is 2.29. The minimum atomic E-state index is -0.372. The predicted octanol–water partition coefficient (Wildman–Crippen LogP) is 4.93. The second-order valence-corrected chi connectivity index (χ2v) is 7.97. The molecule has 2 aromatic rings. The molecule has 2 aromatic carbocycles. The van der Waals surface area contributed by atoms with E-state index in [1.165, 1.54) is 4.90 Å². The van der Waals surface area contributed by atoms with Gasteiger partial charge in [0.15, 0.2) is 0 Å². The Morgan fingerprint density at radius 1 is 1.03 bits per heavy atom. The highest BCUT2D eigenvalue weighted by molar-refractivity contribution is 6.39. The van der Waals surface area contributed by atoms with Gasteiger partial charge in [-0.25, -0.2) is 0 Å². The number of carbonyl (C=O) groups is 2. The van der Waals surface area contributed by atoms with Gasteiger partial charge in [0, 0.05) is 25.2 Å². The molecule has 5 nitrogen and oxygen atoms in total. The molecule has 0 heterocycles. The molecule has 0 radical (unpaired) electrons. The van der Waals surface area contributed by atoms with E-state index in [-0.39, 0.29) is 18.4 Å². The Labute approximate surface area is 182 Å². The number of carbonyl (C=O) groups excluding carboxylic acids is 2. The van der Waals surface area contributed by atoms with Crippen LogP contribution >= 0.6 is 23.2 Å². The Bertz CT molecular complexity index is 833. The maximum atomic E-state index is 12.6. The first-order valence-electron chi connectivity index (χ1n) is 9.55. The third-order valence-electron chi connectivity index (χ3n) is 4.68. The minimum absolute atomic E-state index is 0.112. The molecule has 0 atom stereocenters. The Morgan fingerprint density at radius 3 is 2.14 bits per heavy atom. The maximum Gasteiger partial charge on any atom is 0.254 e. The topological polar surface area (TPSA) is 52.7 Å². The van der Waals surface area contributed by atoms with Crippen LogP contribution in [0.1, 0.15) is 36.7 Å². The normalized spacial score (nSPS) is 11.0. The van der Waals surface area contributed by atoms with E-state index in [4.69, 9.17) is 23.2 Å². The minimum Gasteiger partial charge on any atom is -0.332 e. The second kappa shape index (κ2) is 10.6. The number of hydrogen-bond acceptors (Lipinski definition) is 3. The monoisotopic (exact) mass is 435 g/mol. The van der Waals surface area contributed by atoms with Gasteiger partial charge in [-0.2, -0.15) is 0 Å². The highest BCUT2D eigenvalue weighted by Gasteiger charge is 2.17. The van der Waals surface area contributed by atoms with E-state index in [2.05, 4.69) is 31.0 Å². The van der Waals surface area contributed by atoms with E-state index in [1.807, 2.05) is 12.1 Å². The molecule has 0 saturated carbocycles. The number of rotatable bonds is 8. The molecule has 0 bridgehead atoms. The van der Waals surface area contributed by atoms with Crippen molar-refractivity contribution in [3.63, 3.8) is 0 Å². The maximum absolute atomic E-state index is 12.6. The van der Waals surface area contributed by atoms with Crippen molar-refractivity contribution in [3.05, 3.63) is 63.6 Å². The molecule has 0 aromatic heterocycles. The molecule has 2 rings (SSSR count). The summed E-state index contributed by atoms with van der Waals surface area (Å²) in [7, 11) is 1.58. The van der Waals surface area contributed by atoms with Crippen molar-refractivity contribution in [2.24, 2.45) is 0 Å². The first-order valence-corrected chi connectivity index (χ1v) is 10.3. The zero-order valence-corrected chi connectivity index (χ0v) is 18.7. The van der Waals surface area contributed by atoms with Crippen LogP contribution in [0.5, 0.6) is 0 Å². The van der Waals surface area contributed by atoms with Gasteiger partial charge in [-0.05, 0) is 50.2 Å². The average molecular weight is 436 g/mol. The first kappa shape index (κ1) is 23.2. The van der Waals surface area contributed by atoms with Crippen molar-refractivity contribution < 1.29 is 9.59 Å². The van der Waals surface area contributed by atoms with Gasteiger partial charge >= 0.3 is 0 Å². The number of hydrogen-bond donors (Lipinski definition) is 1. The van der Waals surface area contributed by atoms with Gasteiger partial charge in [-0.3, -0.25) is 14.5 Å². The molecule has 7 heteroatoms. The Kier molecular flexibility index (Phi) is 8.50. The van der Waals surface area contributed by atoms with Gasteiger partial charge in [0.2, 0.25) is 5.91 Å². The fourth-order valence-corrected chi connectivity index (χ4v) is 3.44. The Balaban J connectivity index is 1.98. The molecule has 2 amide bonds. The van der Waals surface area contributed by atoms with E-state index in [9.17, 15) is 9.59 Å². The number of nitrogens with one attached hydrogen (secondary N) is 1. The van der Waals surface area contributed by atoms with E-state index in [0.29, 0.717) is 27.3 Å². The summed E-state index contributed by atoms with van der Waals surface area (Å²) in [5, 5.41) is 3.35. The SMILES string of the molecule is CCN(Cc1ccc(C(=O)N(C)CC(=O)Nc2c(Cl)cccc2Cl)cc1)C(C)C. The number of benzene rings is 2. The third kappa shape index (κ3) is 6.46. The van der Waals surface area contributed by atoms with E-state index < -0.39 is 0 Å². The second-order valence-electron chi connectivity index (χ2n) is 7.16. The van der Waals surface area contributed by atoms with Gasteiger partial charge in [0.05, 0.1) is 22.3 Å². The van der Waals surface area contributed by atoms with Crippen molar-refractivity contribution in [2.75, 3.05) is 25.5 Å². The van der Waals surface area contributed by atoms with Crippen molar-refractivity contribution in [1.29, 1.82) is 0 Å². The number of para-hydroxylation sites is 1. The van der Waals surface area contributed by atoms with Crippen molar-refractivity contribution in [1.82, 2.24) is 9.80 Å². The summed E-state index contributed by atoms with van der Waals surface area (Å²) < 4.78 is 0. The number of amides is 2. The average Bonchev–Trinajstić information content (AvgIpc) is 2.68. The molecular formula is C22H27Cl2N3O2. The molecule has 1 N–H and O–H groups in total. The summed E-state index contributed by atoms with van der Waals surface area (Å²) in [6, 6.07) is 12.9. The van der Waals surface area contributed by atoms with Crippen molar-refractivity contribution in [2.45, 2.75) is 33.4 Å². The summed E-state index contributed by atoms with van der Waals surface area (Å²) in [5.41, 5.74) is 2.02. The number of likely N-dealkylation sites (N-methyl/N-ethyl adjacent to an activating group) is 1. The quantitative estimate of drug-likeness (QED) is 0.638. The van der Waals surface area contributed by atoms with Crippen LogP contribution in [0.4, 0.5) is 5.69 Å². The van der Waals surface area contributed by atoms with Gasteiger partial charge < -0.3 is 10.2 Å². The number of halogens is 2. The van der Waals surface area contributed by atoms with Crippen LogP contribution in [0, 0.1) is 0 Å². The summed E-state index contributed by atoms with van der Waals surface area (Å²) in [6.07, 6.45) is 0. The number of anilines is 1. The van der Waals surface area contributed by atoms with Crippen LogP contribution in [0.2, 0.25) is 10.0 Å². The zero-order chi connectivity index (χ0) is 21.6. The zero-order valence-electron chi connectivity index (χ0n) is 17.2. The Hall–Kier alpha value is -2.08. The van der Waals surface area contributed by atoms with Crippen LogP contribution < -0.4 is 5.32 Å². The van der Waals surface area contributed by atoms with Crippen LogP contribution in [0.3, 0.4) is 0 Å². The summed E-state index contributed by atoms with van der Waals surface area (Å²) in [4.78, 5) is 28.7. The molecule has 0 unspecified atom stereocenters. The van der Waals surface area contributed by atoms with Crippen LogP contribution in [0.15, 0.2) is 42.5 Å². The van der Waals surface area contributed by atoms with E-state index in [1.54, 1.807) is 37.4 Å². The van der Waals surface area contributed by atoms with Gasteiger partial charge in [-0.1, -0.05) is 48.3 Å². The lowest BCUT2D eigenvalue weighted by Crippen LogP contribution is -2.35. The fourth-order valence-electron chi connectivity index (χ4n) is 2.95. The lowest BCUT2D eigenvalue weighted by molar-refractivity contribution is -0.116. The standard InChI is InChI=1S/C22H27Cl2N3O2/c1-5-27(15(2)3)13-16-9-11-17(12-10-16)22(29)26(4)14-20(28)25-21-18(23)7-6-8-19(21)24/h6-12,15H,5,13-14H2,1-4H3,(H,25,28). The number of nitrogens with zero attached hydrogens (tertiary/aromatic N) is 2. The molecule has 0 aliphatic carbocycles. The van der Waals surface area contributed by atoms with Crippen molar-refractivity contribution >= 4 is 40.7 Å². The van der Waals surface area contributed by atoms with E-state index in [0.717, 1.165) is 18.7 Å². The first-order chi connectivity index (χ1) is 13.7. The molecule has 156 valence electrons. The van der Waals surface area contributed by atoms with Gasteiger partial charge in [0.25, 0.3) is 5.91 Å². The summed E-state index contributed by atoms with van der Waals surface area (Å²) >= 11 is 12.1. The highest BCUT2D eigenvalue weighted by atomic mass is 35.5. The lowest BCUT2D eigenvalue weighted by atomic mass is 10.1. The smallest absolute Gasteiger partial charge is 0.254 e. The van der Waals surface area contributed by atoms with Crippen molar-refractivity contribution in [3.8, 4) is 0 Å². The molecule has 0 aliphatic heterocycles. The predicted molar refractivity (Wildman–Crippen MR) is 120 cm³/mol.